The van der Waals surface area contributed by atoms with Crippen LogP contribution in [0.4, 0.5) is 0 Å². The summed E-state index contributed by atoms with van der Waals surface area (Å²) in [5.41, 5.74) is 34.1. The Labute approximate surface area is 857 Å². The van der Waals surface area contributed by atoms with Crippen LogP contribution in [-0.4, -0.2) is 27.4 Å². The van der Waals surface area contributed by atoms with Crippen LogP contribution in [0.25, 0.3) is 281 Å². The molecule has 0 fully saturated rings. The molecule has 0 radical (unpaired) electrons. The van der Waals surface area contributed by atoms with Crippen molar-refractivity contribution in [3.63, 3.8) is 0 Å². The largest absolute Gasteiger partial charge is 0.309 e. The van der Waals surface area contributed by atoms with E-state index in [4.69, 9.17) is 0 Å². The second-order valence-corrected chi connectivity index (χ2v) is 41.7. The van der Waals surface area contributed by atoms with Crippen LogP contribution in [0.15, 0.2) is 522 Å². The van der Waals surface area contributed by atoms with E-state index < -0.39 is 0 Å². The average molecular weight is 1920 g/mol. The minimum atomic E-state index is 1.18. The number of benzene rings is 23. The molecule has 0 saturated heterocycles. The van der Waals surface area contributed by atoms with Crippen LogP contribution < -0.4 is 0 Å². The van der Waals surface area contributed by atoms with Gasteiger partial charge in [-0.15, -0.1) is 34.0 Å². The molecule has 0 amide bonds. The van der Waals surface area contributed by atoms with Crippen LogP contribution in [0.5, 0.6) is 0 Å². The predicted octanol–water partition coefficient (Wildman–Crippen LogP) is 39.1. The molecule has 0 saturated carbocycles. The molecule has 0 spiro atoms. The van der Waals surface area contributed by atoms with E-state index in [2.05, 4.69) is 549 Å². The Morgan fingerprint density at radius 3 is 0.680 bits per heavy atom. The number of hydrogen-bond donors (Lipinski definition) is 0. The molecule has 9 aromatic heterocycles. The lowest BCUT2D eigenvalue weighted by Gasteiger charge is -2.11. The Kier molecular flexibility index (Phi) is 19.6. The minimum Gasteiger partial charge on any atom is -0.309 e. The molecular formula is C138H86N6S3. The third kappa shape index (κ3) is 13.7. The summed E-state index contributed by atoms with van der Waals surface area (Å²) in [5.74, 6) is 0. The quantitative estimate of drug-likeness (QED) is 0.124. The van der Waals surface area contributed by atoms with E-state index in [0.717, 1.165) is 0 Å². The molecule has 0 unspecified atom stereocenters. The van der Waals surface area contributed by atoms with E-state index in [-0.39, 0.29) is 0 Å². The molecule has 0 aliphatic heterocycles. The van der Waals surface area contributed by atoms with Gasteiger partial charge < -0.3 is 27.4 Å². The van der Waals surface area contributed by atoms with E-state index in [0.29, 0.717) is 0 Å². The Hall–Kier alpha value is -18.5. The van der Waals surface area contributed by atoms with Crippen molar-refractivity contribution in [3.8, 4) is 89.8 Å². The normalized spacial score (nSPS) is 11.9. The van der Waals surface area contributed by atoms with Crippen molar-refractivity contribution in [1.29, 1.82) is 0 Å². The van der Waals surface area contributed by atoms with Gasteiger partial charge in [0.15, 0.2) is 0 Å². The van der Waals surface area contributed by atoms with Gasteiger partial charge in [0.1, 0.15) is 0 Å². The third-order valence-corrected chi connectivity index (χ3v) is 33.8. The Morgan fingerprint density at radius 2 is 0.327 bits per heavy atom. The first-order valence-corrected chi connectivity index (χ1v) is 52.7. The van der Waals surface area contributed by atoms with E-state index >= 15 is 0 Å². The van der Waals surface area contributed by atoms with Crippen molar-refractivity contribution in [3.05, 3.63) is 522 Å². The van der Waals surface area contributed by atoms with E-state index in [1.54, 1.807) is 0 Å². The van der Waals surface area contributed by atoms with Crippen LogP contribution in [0.1, 0.15) is 0 Å². The number of para-hydroxylation sites is 9. The van der Waals surface area contributed by atoms with Gasteiger partial charge in [-0.05, 0) is 280 Å². The van der Waals surface area contributed by atoms with Crippen LogP contribution in [-0.2, 0) is 0 Å². The van der Waals surface area contributed by atoms with Crippen molar-refractivity contribution in [2.24, 2.45) is 0 Å². The van der Waals surface area contributed by atoms with Crippen LogP contribution in [0.2, 0.25) is 0 Å². The summed E-state index contributed by atoms with van der Waals surface area (Å²) in [5, 5.41) is 23.1. The molecule has 0 N–H and O–H groups in total. The van der Waals surface area contributed by atoms with Gasteiger partial charge in [-0.3, -0.25) is 0 Å². The number of rotatable bonds is 11. The van der Waals surface area contributed by atoms with Gasteiger partial charge in [-0.25, -0.2) is 0 Å². The molecule has 23 aromatic carbocycles. The smallest absolute Gasteiger partial charge is 0.0555 e. The molecule has 9 heteroatoms. The summed E-state index contributed by atoms with van der Waals surface area (Å²) < 4.78 is 22.4. The monoisotopic (exact) mass is 1920 g/mol. The second kappa shape index (κ2) is 34.1. The highest BCUT2D eigenvalue weighted by Crippen LogP contribution is 2.49. The topological polar surface area (TPSA) is 29.6 Å². The van der Waals surface area contributed by atoms with E-state index in [1.165, 1.54) is 281 Å². The number of thiophene rings is 3. The first-order valence-electron chi connectivity index (χ1n) is 50.2. The second-order valence-electron chi connectivity index (χ2n) is 38.5. The first-order chi connectivity index (χ1) is 72.9. The maximum atomic E-state index is 2.48. The fourth-order valence-electron chi connectivity index (χ4n) is 23.7. The third-order valence-electron chi connectivity index (χ3n) is 30.3. The first kappa shape index (κ1) is 84.2. The molecule has 6 nitrogen and oxygen atoms in total. The predicted molar refractivity (Wildman–Crippen MR) is 631 cm³/mol. The molecule has 0 atom stereocenters. The van der Waals surface area contributed by atoms with Crippen molar-refractivity contribution in [2.45, 2.75) is 0 Å². The highest BCUT2D eigenvalue weighted by molar-refractivity contribution is 7.26. The average Bonchev–Trinajstić information content (AvgIpc) is 1.66. The summed E-state index contributed by atoms with van der Waals surface area (Å²) in [7, 11) is 0. The van der Waals surface area contributed by atoms with E-state index in [9.17, 15) is 0 Å². The molecule has 32 rings (SSSR count). The molecule has 0 aliphatic rings. The molecular weight excluding hydrogens is 1840 g/mol. The lowest BCUT2D eigenvalue weighted by atomic mass is 10.0. The fourth-order valence-corrected chi connectivity index (χ4v) is 26.9. The lowest BCUT2D eigenvalue weighted by Crippen LogP contribution is -1.94. The molecule has 686 valence electrons. The van der Waals surface area contributed by atoms with Gasteiger partial charge in [0, 0.05) is 154 Å². The van der Waals surface area contributed by atoms with E-state index in [1.807, 2.05) is 34.0 Å². The minimum absolute atomic E-state index is 1.18. The summed E-state index contributed by atoms with van der Waals surface area (Å²) in [4.78, 5) is 0. The number of hydrogen-bond acceptors (Lipinski definition) is 3. The summed E-state index contributed by atoms with van der Waals surface area (Å²) >= 11 is 5.61. The molecule has 0 aliphatic carbocycles. The van der Waals surface area contributed by atoms with Crippen molar-refractivity contribution < 1.29 is 0 Å². The van der Waals surface area contributed by atoms with Crippen LogP contribution >= 0.6 is 34.0 Å². The van der Waals surface area contributed by atoms with Gasteiger partial charge >= 0.3 is 0 Å². The van der Waals surface area contributed by atoms with Crippen LogP contribution in [0, 0.1) is 0 Å². The number of nitrogens with zero attached hydrogens (tertiary/aromatic N) is 6. The van der Waals surface area contributed by atoms with Crippen LogP contribution in [0.3, 0.4) is 0 Å². The summed E-state index contributed by atoms with van der Waals surface area (Å²) in [6.07, 6.45) is 0. The molecule has 147 heavy (non-hydrogen) atoms. The number of fused-ring (bicyclic) bond motifs is 27. The molecule has 32 aromatic rings. The van der Waals surface area contributed by atoms with Crippen molar-refractivity contribution >= 4 is 225 Å². The molecule has 9 heterocycles. The highest BCUT2D eigenvalue weighted by Gasteiger charge is 2.25. The van der Waals surface area contributed by atoms with Gasteiger partial charge in [-0.1, -0.05) is 297 Å². The Balaban J connectivity index is 0.000000102. The van der Waals surface area contributed by atoms with Gasteiger partial charge in [0.25, 0.3) is 0 Å². The fraction of sp³-hybridized carbons (Fsp3) is 0. The van der Waals surface area contributed by atoms with Gasteiger partial charge in [0.05, 0.1) is 71.9 Å². The SMILES string of the molecule is c1ccc(-c2ccc3sc4ccc(-n5c6ccccc6c6cc(-c7ccc8c(c7)c7ccccc7n8-c7ccccc7)ccc65)cc4c3c2)cc1.c1ccc(-c2ccc3sc4cccc(-n5c6ccccc6c6cc(-c7ccc8c(c7)c7ccccc7n8-c7ccccc7)ccc65)c4c3c2)cc1.c1ccc(-n2c3ccccc3c3cc(-c4ccc5c(c4)c4ccccc4n5-c4ccc5sc6ccccc6c5c4)ccc32)cc1. The lowest BCUT2D eigenvalue weighted by molar-refractivity contribution is 1.18. The maximum absolute atomic E-state index is 2.48. The molecule has 0 bridgehead atoms. The highest BCUT2D eigenvalue weighted by atomic mass is 32.1. The maximum Gasteiger partial charge on any atom is 0.0555 e. The Bertz CT molecular complexity index is 11000. The number of aromatic nitrogens is 6. The standard InChI is InChI=1S/2C48H30N2S.C42H26N2S/c1-3-12-31(13-4-1)32-24-27-46-40(30-32)48-45(20-11-21-47(48)51-46)50-42-19-10-8-17-37(42)39-29-34(23-26-44(39)50)33-22-25-43-38(28-33)36-16-7-9-18-41(36)49(43)35-14-5-2-6-15-35;1-3-11-31(12-4-1)32-21-25-47-41(29-32)42-30-36(22-26-48(42)51-47)50-44-18-10-8-16-38(44)40-28-34(20-24-46(40)50)33-19-23-45-39(27-33)37-15-7-9-17-43(37)49(45)35-13-5-2-6-14-35;1-2-10-29(11-3-1)43-37-15-7-4-12-31(37)34-24-27(18-21-39(34)43)28-19-22-40-35(25-28)32-13-5-8-16-38(32)44(40)30-20-23-42-36(26-30)33-14-6-9-17-41(33)45-42/h2*1-30H;1-26H. The van der Waals surface area contributed by atoms with Crippen molar-refractivity contribution in [1.82, 2.24) is 27.4 Å². The van der Waals surface area contributed by atoms with Crippen molar-refractivity contribution in [2.75, 3.05) is 0 Å². The van der Waals surface area contributed by atoms with Gasteiger partial charge in [-0.2, -0.15) is 0 Å². The zero-order valence-corrected chi connectivity index (χ0v) is 82.0. The Morgan fingerprint density at radius 1 is 0.109 bits per heavy atom. The zero-order chi connectivity index (χ0) is 96.4. The summed E-state index contributed by atoms with van der Waals surface area (Å²) in [6, 6.07) is 191. The zero-order valence-electron chi connectivity index (χ0n) is 79.6. The van der Waals surface area contributed by atoms with Gasteiger partial charge in [0.2, 0.25) is 0 Å². The summed E-state index contributed by atoms with van der Waals surface area (Å²) in [6.45, 7) is 0.